The van der Waals surface area contributed by atoms with E-state index < -0.39 is 5.41 Å². The second-order valence-electron chi connectivity index (χ2n) is 5.85. The number of methoxy groups -OCH3 is 2. The van der Waals surface area contributed by atoms with E-state index in [2.05, 4.69) is 25.6 Å². The Bertz CT molecular complexity index is 558. The number of anilines is 1. The molecule has 2 heterocycles. The highest BCUT2D eigenvalue weighted by Crippen LogP contribution is 2.31. The lowest BCUT2D eigenvalue weighted by Crippen LogP contribution is -2.47. The average Bonchev–Trinajstić information content (AvgIpc) is 3.03. The summed E-state index contributed by atoms with van der Waals surface area (Å²) in [6.45, 7) is 1.99. The molecule has 142 valence electrons. The van der Waals surface area contributed by atoms with E-state index in [1.165, 1.54) is 18.4 Å². The Labute approximate surface area is 157 Å². The molecule has 10 heteroatoms. The van der Waals surface area contributed by atoms with Crippen LogP contribution in [0, 0.1) is 5.41 Å². The van der Waals surface area contributed by atoms with Gasteiger partial charge in [-0.15, -0.1) is 22.6 Å². The van der Waals surface area contributed by atoms with Crippen LogP contribution in [0.5, 0.6) is 0 Å². The smallest absolute Gasteiger partial charge is 0.305 e. The Morgan fingerprint density at radius 2 is 2.00 bits per heavy atom. The molecule has 1 aliphatic heterocycles. The third kappa shape index (κ3) is 6.18. The Kier molecular flexibility index (Phi) is 9.26. The minimum atomic E-state index is -0.517. The summed E-state index contributed by atoms with van der Waals surface area (Å²) in [6, 6.07) is 0. The molecule has 0 aromatic carbocycles. The first-order chi connectivity index (χ1) is 11.6. The number of hydrogen-bond donors (Lipinski definition) is 2. The minimum absolute atomic E-state index is 0. The van der Waals surface area contributed by atoms with Gasteiger partial charge in [-0.05, 0) is 32.4 Å². The molecule has 0 saturated carbocycles. The third-order valence-corrected chi connectivity index (χ3v) is 5.05. The maximum absolute atomic E-state index is 12.7. The Morgan fingerprint density at radius 1 is 1.28 bits per heavy atom. The van der Waals surface area contributed by atoms with E-state index in [9.17, 15) is 9.59 Å². The zero-order chi connectivity index (χ0) is 17.4. The number of halogens is 1. The van der Waals surface area contributed by atoms with Crippen LogP contribution < -0.4 is 10.6 Å². The number of piperidine rings is 1. The van der Waals surface area contributed by atoms with Crippen LogP contribution in [0.3, 0.4) is 0 Å². The zero-order valence-electron chi connectivity index (χ0n) is 14.5. The van der Waals surface area contributed by atoms with Crippen molar-refractivity contribution in [2.75, 3.05) is 39.2 Å². The van der Waals surface area contributed by atoms with Gasteiger partial charge in [-0.1, -0.05) is 11.3 Å². The van der Waals surface area contributed by atoms with Gasteiger partial charge in [-0.2, -0.15) is 0 Å². The maximum atomic E-state index is 12.7. The second kappa shape index (κ2) is 10.6. The molecule has 25 heavy (non-hydrogen) atoms. The van der Waals surface area contributed by atoms with E-state index in [0.29, 0.717) is 31.0 Å². The first-order valence-corrected chi connectivity index (χ1v) is 8.81. The number of nitrogens with zero attached hydrogens (tertiary/aromatic N) is 2. The highest BCUT2D eigenvalue weighted by atomic mass is 35.5. The van der Waals surface area contributed by atoms with Gasteiger partial charge in [0.25, 0.3) is 0 Å². The number of ether oxygens (including phenoxy) is 2. The second-order valence-corrected chi connectivity index (χ2v) is 6.91. The van der Waals surface area contributed by atoms with Gasteiger partial charge in [-0.25, -0.2) is 0 Å². The molecule has 1 saturated heterocycles. The summed E-state index contributed by atoms with van der Waals surface area (Å²) in [6.07, 6.45) is 3.10. The SMILES string of the molecule is COCC1(C(=O)Nc2nnc(CCCC(=O)OC)s2)CCNCC1.Cl. The van der Waals surface area contributed by atoms with Gasteiger partial charge in [-0.3, -0.25) is 14.9 Å². The number of aryl methyl sites for hydroxylation is 1. The lowest BCUT2D eigenvalue weighted by molar-refractivity contribution is -0.140. The monoisotopic (exact) mass is 392 g/mol. The molecule has 0 spiro atoms. The fourth-order valence-corrected chi connectivity index (χ4v) is 3.52. The van der Waals surface area contributed by atoms with Gasteiger partial charge in [0, 0.05) is 20.0 Å². The van der Waals surface area contributed by atoms with Gasteiger partial charge in [0.15, 0.2) is 0 Å². The van der Waals surface area contributed by atoms with Crippen molar-refractivity contribution < 1.29 is 19.1 Å². The lowest BCUT2D eigenvalue weighted by Gasteiger charge is -2.35. The third-order valence-electron chi connectivity index (χ3n) is 4.15. The number of aromatic nitrogens is 2. The molecule has 0 aliphatic carbocycles. The van der Waals surface area contributed by atoms with Crippen molar-refractivity contribution in [3.63, 3.8) is 0 Å². The Hall–Kier alpha value is -1.29. The van der Waals surface area contributed by atoms with Crippen molar-refractivity contribution in [1.82, 2.24) is 15.5 Å². The number of amides is 1. The lowest BCUT2D eigenvalue weighted by atomic mass is 9.79. The molecule has 0 atom stereocenters. The molecule has 0 bridgehead atoms. The molecule has 0 unspecified atom stereocenters. The predicted octanol–water partition coefficient (Wildman–Crippen LogP) is 1.41. The molecule has 2 N–H and O–H groups in total. The number of rotatable bonds is 8. The van der Waals surface area contributed by atoms with Crippen LogP contribution >= 0.6 is 23.7 Å². The summed E-state index contributed by atoms with van der Waals surface area (Å²) in [7, 11) is 2.99. The first-order valence-electron chi connectivity index (χ1n) is 8.00. The molecular formula is C15H25ClN4O4S. The van der Waals surface area contributed by atoms with Crippen LogP contribution in [0.4, 0.5) is 5.13 Å². The highest BCUT2D eigenvalue weighted by Gasteiger charge is 2.40. The number of esters is 1. The van der Waals surface area contributed by atoms with Crippen molar-refractivity contribution in [2.45, 2.75) is 32.1 Å². The predicted molar refractivity (Wildman–Crippen MR) is 97.2 cm³/mol. The van der Waals surface area contributed by atoms with Crippen LogP contribution in [0.2, 0.25) is 0 Å². The average molecular weight is 393 g/mol. The van der Waals surface area contributed by atoms with E-state index >= 15 is 0 Å². The number of carbonyl (C=O) groups is 2. The molecule has 1 aromatic rings. The summed E-state index contributed by atoms with van der Waals surface area (Å²) < 4.78 is 9.87. The molecule has 1 fully saturated rings. The fraction of sp³-hybridized carbons (Fsp3) is 0.733. The van der Waals surface area contributed by atoms with Gasteiger partial charge in [0.2, 0.25) is 11.0 Å². The van der Waals surface area contributed by atoms with E-state index in [1.54, 1.807) is 7.11 Å². The molecule has 1 aliphatic rings. The van der Waals surface area contributed by atoms with Gasteiger partial charge >= 0.3 is 5.97 Å². The van der Waals surface area contributed by atoms with Crippen LogP contribution in [0.1, 0.15) is 30.7 Å². The van der Waals surface area contributed by atoms with Crippen molar-refractivity contribution in [3.05, 3.63) is 5.01 Å². The number of carbonyl (C=O) groups excluding carboxylic acids is 2. The maximum Gasteiger partial charge on any atom is 0.305 e. The molecule has 1 amide bonds. The summed E-state index contributed by atoms with van der Waals surface area (Å²) in [5.41, 5.74) is -0.517. The van der Waals surface area contributed by atoms with Crippen molar-refractivity contribution in [3.8, 4) is 0 Å². The largest absolute Gasteiger partial charge is 0.469 e. The highest BCUT2D eigenvalue weighted by molar-refractivity contribution is 7.15. The molecule has 0 radical (unpaired) electrons. The van der Waals surface area contributed by atoms with Gasteiger partial charge < -0.3 is 14.8 Å². The summed E-state index contributed by atoms with van der Waals surface area (Å²) in [5.74, 6) is -0.302. The van der Waals surface area contributed by atoms with E-state index in [4.69, 9.17) is 4.74 Å². The first kappa shape index (κ1) is 21.8. The van der Waals surface area contributed by atoms with Crippen molar-refractivity contribution in [1.29, 1.82) is 0 Å². The fourth-order valence-electron chi connectivity index (χ4n) is 2.74. The Balaban J connectivity index is 0.00000312. The molecular weight excluding hydrogens is 368 g/mol. The van der Waals surface area contributed by atoms with Crippen LogP contribution in [-0.2, 0) is 25.5 Å². The van der Waals surface area contributed by atoms with Crippen LogP contribution in [0.15, 0.2) is 0 Å². The quantitative estimate of drug-likeness (QED) is 0.645. The van der Waals surface area contributed by atoms with E-state index in [0.717, 1.165) is 30.9 Å². The summed E-state index contributed by atoms with van der Waals surface area (Å²) in [4.78, 5) is 23.8. The zero-order valence-corrected chi connectivity index (χ0v) is 16.1. The summed E-state index contributed by atoms with van der Waals surface area (Å²) in [5, 5.41) is 15.5. The standard InChI is InChI=1S/C15H24N4O4S.ClH/c1-22-10-15(6-8-16-9-7-15)13(21)17-14-19-18-11(24-14)4-3-5-12(20)23-2;/h16H,3-10H2,1-2H3,(H,17,19,21);1H. The topological polar surface area (TPSA) is 102 Å². The van der Waals surface area contributed by atoms with Crippen LogP contribution in [-0.4, -0.2) is 56.0 Å². The van der Waals surface area contributed by atoms with Gasteiger partial charge in [0.1, 0.15) is 5.01 Å². The molecule has 8 nitrogen and oxygen atoms in total. The molecule has 2 rings (SSSR count). The van der Waals surface area contributed by atoms with Crippen molar-refractivity contribution >= 4 is 40.8 Å². The minimum Gasteiger partial charge on any atom is -0.469 e. The van der Waals surface area contributed by atoms with Gasteiger partial charge in [0.05, 0.1) is 19.1 Å². The Morgan fingerprint density at radius 3 is 2.64 bits per heavy atom. The number of hydrogen-bond acceptors (Lipinski definition) is 8. The normalized spacial score (nSPS) is 15.9. The van der Waals surface area contributed by atoms with E-state index in [1.807, 2.05) is 0 Å². The number of nitrogens with one attached hydrogen (secondary N) is 2. The van der Waals surface area contributed by atoms with E-state index in [-0.39, 0.29) is 24.3 Å². The molecule has 1 aromatic heterocycles. The van der Waals surface area contributed by atoms with Crippen molar-refractivity contribution in [2.24, 2.45) is 5.41 Å². The summed E-state index contributed by atoms with van der Waals surface area (Å²) >= 11 is 1.34. The van der Waals surface area contributed by atoms with Crippen LogP contribution in [0.25, 0.3) is 0 Å².